The van der Waals surface area contributed by atoms with Crippen molar-refractivity contribution >= 4 is 5.84 Å². The van der Waals surface area contributed by atoms with E-state index in [2.05, 4.69) is 26.8 Å². The molecule has 0 amide bonds. The maximum absolute atomic E-state index is 4.34. The summed E-state index contributed by atoms with van der Waals surface area (Å²) >= 11 is 0. The van der Waals surface area contributed by atoms with Gasteiger partial charge < -0.3 is 9.88 Å². The first-order valence-corrected chi connectivity index (χ1v) is 4.53. The smallest absolute Gasteiger partial charge is 0.117 e. The summed E-state index contributed by atoms with van der Waals surface area (Å²) in [7, 11) is 0. The number of nitrogens with zero attached hydrogens (tertiary/aromatic N) is 3. The van der Waals surface area contributed by atoms with Crippen molar-refractivity contribution in [3.05, 3.63) is 17.7 Å². The summed E-state index contributed by atoms with van der Waals surface area (Å²) in [5, 5.41) is 3.24. The van der Waals surface area contributed by atoms with E-state index in [0.29, 0.717) is 0 Å². The van der Waals surface area contributed by atoms with Crippen molar-refractivity contribution in [1.29, 1.82) is 0 Å². The average molecular weight is 178 g/mol. The van der Waals surface area contributed by atoms with Crippen LogP contribution in [0.4, 0.5) is 0 Å². The highest BCUT2D eigenvalue weighted by Crippen LogP contribution is 2.04. The van der Waals surface area contributed by atoms with Gasteiger partial charge in [0.2, 0.25) is 0 Å². The minimum absolute atomic E-state index is 0.826. The fourth-order valence-corrected chi connectivity index (χ4v) is 1.42. The van der Waals surface area contributed by atoms with Gasteiger partial charge in [0.1, 0.15) is 5.84 Å². The first kappa shape index (κ1) is 8.29. The van der Waals surface area contributed by atoms with Crippen LogP contribution in [-0.4, -0.2) is 28.5 Å². The third-order valence-corrected chi connectivity index (χ3v) is 2.41. The molecule has 0 radical (unpaired) electrons. The molecule has 1 aromatic rings. The van der Waals surface area contributed by atoms with Crippen molar-refractivity contribution in [3.63, 3.8) is 0 Å². The Kier molecular flexibility index (Phi) is 2.04. The summed E-state index contributed by atoms with van der Waals surface area (Å²) in [4.78, 5) is 8.58. The molecule has 0 saturated carbocycles. The van der Waals surface area contributed by atoms with Crippen LogP contribution >= 0.6 is 0 Å². The zero-order valence-corrected chi connectivity index (χ0v) is 8.04. The second-order valence-electron chi connectivity index (χ2n) is 3.30. The Labute approximate surface area is 77.7 Å². The summed E-state index contributed by atoms with van der Waals surface area (Å²) < 4.78 is 2.12. The Morgan fingerprint density at radius 1 is 1.54 bits per heavy atom. The predicted molar refractivity (Wildman–Crippen MR) is 52.0 cm³/mol. The molecule has 0 unspecified atom stereocenters. The molecular formula is C9H14N4. The molecule has 0 aromatic carbocycles. The molecule has 0 aliphatic carbocycles. The normalized spacial score (nSPS) is 15.7. The third-order valence-electron chi connectivity index (χ3n) is 2.41. The first-order chi connectivity index (χ1) is 6.27. The van der Waals surface area contributed by atoms with E-state index in [4.69, 9.17) is 0 Å². The number of aliphatic imine (C=N–C) groups is 1. The van der Waals surface area contributed by atoms with E-state index in [9.17, 15) is 0 Å². The topological polar surface area (TPSA) is 42.2 Å². The Balaban J connectivity index is 2.13. The van der Waals surface area contributed by atoms with Gasteiger partial charge in [-0.15, -0.1) is 0 Å². The number of amidine groups is 1. The van der Waals surface area contributed by atoms with Gasteiger partial charge in [-0.1, -0.05) is 0 Å². The van der Waals surface area contributed by atoms with Gasteiger partial charge in [0.25, 0.3) is 0 Å². The molecule has 2 rings (SSSR count). The Hall–Kier alpha value is -1.32. The summed E-state index contributed by atoms with van der Waals surface area (Å²) in [6, 6.07) is 0. The van der Waals surface area contributed by atoms with Gasteiger partial charge in [-0.25, -0.2) is 4.98 Å². The zero-order chi connectivity index (χ0) is 9.26. The van der Waals surface area contributed by atoms with Crippen LogP contribution in [0.15, 0.2) is 11.3 Å². The van der Waals surface area contributed by atoms with Gasteiger partial charge in [-0.3, -0.25) is 4.99 Å². The lowest BCUT2D eigenvalue weighted by atomic mass is 10.4. The van der Waals surface area contributed by atoms with Crippen LogP contribution in [0.3, 0.4) is 0 Å². The van der Waals surface area contributed by atoms with Crippen LogP contribution in [0.2, 0.25) is 0 Å². The maximum Gasteiger partial charge on any atom is 0.117 e. The highest BCUT2D eigenvalue weighted by molar-refractivity contribution is 5.83. The number of nitrogens with one attached hydrogen (secondary N) is 1. The summed E-state index contributed by atoms with van der Waals surface area (Å²) in [6.45, 7) is 6.81. The van der Waals surface area contributed by atoms with Crippen molar-refractivity contribution in [2.24, 2.45) is 4.99 Å². The quantitative estimate of drug-likeness (QED) is 0.716. The number of hydrogen-bond acceptors (Lipinski definition) is 3. The minimum atomic E-state index is 0.826. The zero-order valence-electron chi connectivity index (χ0n) is 8.04. The van der Waals surface area contributed by atoms with Gasteiger partial charge in [-0.05, 0) is 13.8 Å². The van der Waals surface area contributed by atoms with E-state index in [1.807, 2.05) is 13.3 Å². The molecule has 0 spiro atoms. The fourth-order valence-electron chi connectivity index (χ4n) is 1.42. The molecule has 4 nitrogen and oxygen atoms in total. The minimum Gasteiger partial charge on any atom is -0.370 e. The fraction of sp³-hybridized carbons (Fsp3) is 0.556. The lowest BCUT2D eigenvalue weighted by molar-refractivity contribution is 0.797. The maximum atomic E-state index is 4.34. The average Bonchev–Trinajstić information content (AvgIpc) is 2.71. The van der Waals surface area contributed by atoms with Crippen LogP contribution < -0.4 is 5.32 Å². The van der Waals surface area contributed by atoms with Gasteiger partial charge >= 0.3 is 0 Å². The van der Waals surface area contributed by atoms with E-state index >= 15 is 0 Å². The molecule has 13 heavy (non-hydrogen) atoms. The van der Waals surface area contributed by atoms with Crippen LogP contribution in [0.5, 0.6) is 0 Å². The second kappa shape index (κ2) is 3.20. The van der Waals surface area contributed by atoms with Crippen LogP contribution in [0.25, 0.3) is 0 Å². The second-order valence-corrected chi connectivity index (χ2v) is 3.30. The molecule has 1 aliphatic rings. The number of aryl methyl sites for hydroxylation is 1. The Morgan fingerprint density at radius 2 is 2.38 bits per heavy atom. The van der Waals surface area contributed by atoms with Crippen molar-refractivity contribution in [3.8, 4) is 0 Å². The number of rotatable bonds is 2. The standard InChI is InChI=1S/C9H14N4/c1-7-8(2)13(6-12-7)5-9-10-3-4-11-9/h6H,3-5H2,1-2H3,(H,10,11). The summed E-state index contributed by atoms with van der Waals surface area (Å²) in [6.07, 6.45) is 1.87. The van der Waals surface area contributed by atoms with Crippen LogP contribution in [0, 0.1) is 13.8 Å². The van der Waals surface area contributed by atoms with E-state index in [1.54, 1.807) is 0 Å². The molecule has 70 valence electrons. The van der Waals surface area contributed by atoms with Crippen molar-refractivity contribution < 1.29 is 0 Å². The lowest BCUT2D eigenvalue weighted by Gasteiger charge is -2.05. The number of hydrogen-bond donors (Lipinski definition) is 1. The summed E-state index contributed by atoms with van der Waals surface area (Å²) in [5.41, 5.74) is 2.31. The molecule has 0 fully saturated rings. The molecule has 0 bridgehead atoms. The van der Waals surface area contributed by atoms with E-state index in [1.165, 1.54) is 5.69 Å². The molecule has 1 aliphatic heterocycles. The van der Waals surface area contributed by atoms with Crippen molar-refractivity contribution in [1.82, 2.24) is 14.9 Å². The number of imidazole rings is 1. The van der Waals surface area contributed by atoms with E-state index < -0.39 is 0 Å². The van der Waals surface area contributed by atoms with Gasteiger partial charge in [0.15, 0.2) is 0 Å². The van der Waals surface area contributed by atoms with Crippen molar-refractivity contribution in [2.45, 2.75) is 20.4 Å². The molecule has 0 atom stereocenters. The molecule has 1 N–H and O–H groups in total. The summed E-state index contributed by atoms with van der Waals surface area (Å²) in [5.74, 6) is 1.07. The van der Waals surface area contributed by atoms with E-state index in [0.717, 1.165) is 31.2 Å². The van der Waals surface area contributed by atoms with Gasteiger partial charge in [0, 0.05) is 12.2 Å². The Morgan fingerprint density at radius 3 is 2.92 bits per heavy atom. The SMILES string of the molecule is Cc1ncn(CC2=NCCN2)c1C. The molecule has 2 heterocycles. The molecule has 1 aromatic heterocycles. The third kappa shape index (κ3) is 1.56. The molecule has 0 saturated heterocycles. The highest BCUT2D eigenvalue weighted by Gasteiger charge is 2.08. The first-order valence-electron chi connectivity index (χ1n) is 4.53. The lowest BCUT2D eigenvalue weighted by Crippen LogP contribution is -2.23. The predicted octanol–water partition coefficient (Wildman–Crippen LogP) is 0.502. The molecule has 4 heteroatoms. The van der Waals surface area contributed by atoms with Crippen molar-refractivity contribution in [2.75, 3.05) is 13.1 Å². The van der Waals surface area contributed by atoms with Gasteiger partial charge in [0.05, 0.1) is 25.1 Å². The van der Waals surface area contributed by atoms with Gasteiger partial charge in [-0.2, -0.15) is 0 Å². The number of aromatic nitrogens is 2. The Bertz CT molecular complexity index is 337. The van der Waals surface area contributed by atoms with Crippen LogP contribution in [0.1, 0.15) is 11.4 Å². The highest BCUT2D eigenvalue weighted by atomic mass is 15.1. The van der Waals surface area contributed by atoms with Crippen LogP contribution in [-0.2, 0) is 6.54 Å². The largest absolute Gasteiger partial charge is 0.370 e. The van der Waals surface area contributed by atoms with E-state index in [-0.39, 0.29) is 0 Å². The molecular weight excluding hydrogens is 164 g/mol. The monoisotopic (exact) mass is 178 g/mol.